The van der Waals surface area contributed by atoms with Gasteiger partial charge in [-0.05, 0) is 25.0 Å². The Kier molecular flexibility index (Phi) is 6.35. The number of aromatic nitrogens is 2. The summed E-state index contributed by atoms with van der Waals surface area (Å²) in [5.74, 6) is 2.27. The third kappa shape index (κ3) is 5.68. The van der Waals surface area contributed by atoms with E-state index in [2.05, 4.69) is 52.4 Å². The molecule has 0 bridgehead atoms. The van der Waals surface area contributed by atoms with E-state index in [0.717, 1.165) is 31.2 Å². The zero-order valence-electron chi connectivity index (χ0n) is 15.0. The Labute approximate surface area is 143 Å². The molecule has 0 aliphatic rings. The fourth-order valence-electron chi connectivity index (χ4n) is 2.09. The predicted molar refractivity (Wildman–Crippen MR) is 96.0 cm³/mol. The minimum Gasteiger partial charge on any atom is -0.443 e. The van der Waals surface area contributed by atoms with Gasteiger partial charge in [-0.25, -0.2) is 9.98 Å². The molecule has 2 rings (SSSR count). The normalized spacial score (nSPS) is 12.2. The summed E-state index contributed by atoms with van der Waals surface area (Å²) >= 11 is 0. The van der Waals surface area contributed by atoms with Gasteiger partial charge in [0.05, 0.1) is 6.20 Å². The van der Waals surface area contributed by atoms with Crippen molar-refractivity contribution in [3.8, 4) is 0 Å². The number of nitrogens with zero attached hydrogens (tertiary/aromatic N) is 3. The van der Waals surface area contributed by atoms with E-state index in [9.17, 15) is 0 Å². The van der Waals surface area contributed by atoms with E-state index in [0.29, 0.717) is 12.4 Å². The Morgan fingerprint density at radius 2 is 2.08 bits per heavy atom. The van der Waals surface area contributed by atoms with E-state index >= 15 is 0 Å². The van der Waals surface area contributed by atoms with Crippen LogP contribution >= 0.6 is 0 Å². The minimum absolute atomic E-state index is 0.0402. The monoisotopic (exact) mass is 329 g/mol. The predicted octanol–water partition coefficient (Wildman–Crippen LogP) is 2.66. The number of aliphatic imine (C=N–C) groups is 1. The quantitative estimate of drug-likeness (QED) is 0.629. The largest absolute Gasteiger partial charge is 0.443 e. The number of rotatable bonds is 6. The molecule has 0 fully saturated rings. The van der Waals surface area contributed by atoms with Crippen molar-refractivity contribution in [1.29, 1.82) is 0 Å². The van der Waals surface area contributed by atoms with Gasteiger partial charge in [0.15, 0.2) is 5.96 Å². The van der Waals surface area contributed by atoms with Gasteiger partial charge in [0.2, 0.25) is 5.89 Å². The lowest BCUT2D eigenvalue weighted by atomic mass is 9.94. The molecule has 2 heterocycles. The van der Waals surface area contributed by atoms with Crippen LogP contribution in [0.25, 0.3) is 0 Å². The van der Waals surface area contributed by atoms with E-state index in [4.69, 9.17) is 4.42 Å². The van der Waals surface area contributed by atoms with Crippen LogP contribution in [0, 0.1) is 0 Å². The van der Waals surface area contributed by atoms with Crippen molar-refractivity contribution in [3.05, 3.63) is 47.9 Å². The van der Waals surface area contributed by atoms with Crippen molar-refractivity contribution in [3.63, 3.8) is 0 Å². The summed E-state index contributed by atoms with van der Waals surface area (Å²) in [7, 11) is 0. The Balaban J connectivity index is 1.89. The molecule has 2 aromatic rings. The van der Waals surface area contributed by atoms with Crippen molar-refractivity contribution < 1.29 is 4.42 Å². The maximum Gasteiger partial charge on any atom is 0.216 e. The third-order valence-electron chi connectivity index (χ3n) is 3.44. The van der Waals surface area contributed by atoms with Crippen LogP contribution in [0.15, 0.2) is 40.1 Å². The summed E-state index contributed by atoms with van der Waals surface area (Å²) in [5.41, 5.74) is 1.16. The highest BCUT2D eigenvalue weighted by molar-refractivity contribution is 5.79. The molecule has 0 atom stereocenters. The first-order valence-corrected chi connectivity index (χ1v) is 8.35. The second kappa shape index (κ2) is 8.47. The molecule has 6 nitrogen and oxygen atoms in total. The zero-order chi connectivity index (χ0) is 17.4. The second-order valence-corrected chi connectivity index (χ2v) is 6.60. The molecule has 0 saturated carbocycles. The molecule has 0 aromatic carbocycles. The molecule has 0 aliphatic heterocycles. The van der Waals surface area contributed by atoms with Gasteiger partial charge in [-0.15, -0.1) is 0 Å². The van der Waals surface area contributed by atoms with E-state index < -0.39 is 0 Å². The third-order valence-corrected chi connectivity index (χ3v) is 3.44. The molecule has 2 N–H and O–H groups in total. The number of guanidine groups is 1. The van der Waals surface area contributed by atoms with Gasteiger partial charge in [0, 0.05) is 30.9 Å². The highest BCUT2D eigenvalue weighted by Gasteiger charge is 2.18. The fraction of sp³-hybridized carbons (Fsp3) is 0.500. The molecule has 6 heteroatoms. The molecule has 2 aromatic heterocycles. The lowest BCUT2D eigenvalue weighted by Crippen LogP contribution is -2.38. The maximum absolute atomic E-state index is 5.77. The number of hydrogen-bond donors (Lipinski definition) is 2. The average Bonchev–Trinajstić information content (AvgIpc) is 3.03. The van der Waals surface area contributed by atoms with Crippen molar-refractivity contribution in [2.45, 2.75) is 46.1 Å². The molecule has 0 unspecified atom stereocenters. The van der Waals surface area contributed by atoms with Crippen LogP contribution in [0.4, 0.5) is 0 Å². The Hall–Kier alpha value is -2.37. The van der Waals surface area contributed by atoms with Crippen LogP contribution < -0.4 is 10.6 Å². The zero-order valence-corrected chi connectivity index (χ0v) is 15.0. The van der Waals surface area contributed by atoms with Gasteiger partial charge >= 0.3 is 0 Å². The molecular formula is C18H27N5O. The van der Waals surface area contributed by atoms with Crippen LogP contribution in [0.1, 0.15) is 44.9 Å². The van der Waals surface area contributed by atoms with Gasteiger partial charge in [-0.1, -0.05) is 26.8 Å². The highest BCUT2D eigenvalue weighted by Crippen LogP contribution is 2.22. The Morgan fingerprint density at radius 3 is 2.71 bits per heavy atom. The molecule has 0 aliphatic carbocycles. The van der Waals surface area contributed by atoms with Crippen LogP contribution in [-0.4, -0.2) is 29.0 Å². The summed E-state index contributed by atoms with van der Waals surface area (Å²) in [6.07, 6.45) is 6.34. The summed E-state index contributed by atoms with van der Waals surface area (Å²) in [4.78, 5) is 13.0. The van der Waals surface area contributed by atoms with Gasteiger partial charge in [-0.3, -0.25) is 4.98 Å². The highest BCUT2D eigenvalue weighted by atomic mass is 16.4. The first kappa shape index (κ1) is 18.0. The summed E-state index contributed by atoms with van der Waals surface area (Å²) in [6.45, 7) is 10.4. The first-order chi connectivity index (χ1) is 11.5. The number of oxazole rings is 1. The first-order valence-electron chi connectivity index (χ1n) is 8.35. The molecule has 0 saturated heterocycles. The number of nitrogens with one attached hydrogen (secondary N) is 2. The summed E-state index contributed by atoms with van der Waals surface area (Å²) < 4.78 is 5.77. The number of pyridine rings is 1. The van der Waals surface area contributed by atoms with Gasteiger partial charge in [-0.2, -0.15) is 0 Å². The minimum atomic E-state index is -0.0402. The van der Waals surface area contributed by atoms with E-state index in [1.54, 1.807) is 12.4 Å². The van der Waals surface area contributed by atoms with Crippen molar-refractivity contribution in [2.24, 2.45) is 4.99 Å². The second-order valence-electron chi connectivity index (χ2n) is 6.60. The van der Waals surface area contributed by atoms with Gasteiger partial charge < -0.3 is 15.1 Å². The van der Waals surface area contributed by atoms with Gasteiger partial charge in [0.25, 0.3) is 0 Å². The van der Waals surface area contributed by atoms with Crippen LogP contribution in [0.5, 0.6) is 0 Å². The summed E-state index contributed by atoms with van der Waals surface area (Å²) in [5, 5.41) is 6.55. The molecule has 24 heavy (non-hydrogen) atoms. The van der Waals surface area contributed by atoms with Crippen LogP contribution in [0.2, 0.25) is 0 Å². The van der Waals surface area contributed by atoms with Crippen LogP contribution in [0.3, 0.4) is 0 Å². The van der Waals surface area contributed by atoms with Crippen molar-refractivity contribution >= 4 is 5.96 Å². The maximum atomic E-state index is 5.77. The van der Waals surface area contributed by atoms with E-state index in [1.165, 1.54) is 5.56 Å². The van der Waals surface area contributed by atoms with Crippen LogP contribution in [-0.2, 0) is 18.4 Å². The lowest BCUT2D eigenvalue weighted by molar-refractivity contribution is 0.383. The Morgan fingerprint density at radius 1 is 1.25 bits per heavy atom. The smallest absolute Gasteiger partial charge is 0.216 e. The van der Waals surface area contributed by atoms with Gasteiger partial charge in [0.1, 0.15) is 12.3 Å². The Bertz CT molecular complexity index is 643. The van der Waals surface area contributed by atoms with Crippen molar-refractivity contribution in [2.75, 3.05) is 13.1 Å². The summed E-state index contributed by atoms with van der Waals surface area (Å²) in [6, 6.07) is 4.02. The average molecular weight is 329 g/mol. The lowest BCUT2D eigenvalue weighted by Gasteiger charge is -2.13. The molecular weight excluding hydrogens is 302 g/mol. The van der Waals surface area contributed by atoms with E-state index in [1.807, 2.05) is 19.2 Å². The SMILES string of the molecule is CCNC(=NCc1ncc(C(C)(C)C)o1)NCCc1cccnc1. The van der Waals surface area contributed by atoms with E-state index in [-0.39, 0.29) is 5.41 Å². The molecule has 0 amide bonds. The molecule has 0 radical (unpaired) electrons. The number of hydrogen-bond acceptors (Lipinski definition) is 4. The topological polar surface area (TPSA) is 75.3 Å². The molecule has 130 valence electrons. The fourth-order valence-corrected chi connectivity index (χ4v) is 2.09. The van der Waals surface area contributed by atoms with Crippen molar-refractivity contribution in [1.82, 2.24) is 20.6 Å². The molecule has 0 spiro atoms. The standard InChI is InChI=1S/C18H27N5O/c1-5-20-17(21-10-8-14-7-6-9-19-11-14)23-13-16-22-12-15(24-16)18(2,3)4/h6-7,9,11-12H,5,8,10,13H2,1-4H3,(H2,20,21,23).